The van der Waals surface area contributed by atoms with Crippen LogP contribution in [-0.2, 0) is 9.53 Å². The molecule has 0 aliphatic heterocycles. The summed E-state index contributed by atoms with van der Waals surface area (Å²) in [6.45, 7) is 1.90. The van der Waals surface area contributed by atoms with Crippen LogP contribution in [-0.4, -0.2) is 13.1 Å². The standard InChI is InChI=1S/C11H14ClNO2/c1-7-4-3-5-8(11(7)12)9(13)6-10(14)15-2/h3-5,9H,6,13H2,1-2H3. The molecule has 1 unspecified atom stereocenters. The minimum Gasteiger partial charge on any atom is -0.469 e. The van der Waals surface area contributed by atoms with Crippen molar-refractivity contribution < 1.29 is 9.53 Å². The van der Waals surface area contributed by atoms with Crippen molar-refractivity contribution >= 4 is 17.6 Å². The van der Waals surface area contributed by atoms with Crippen LogP contribution in [0.1, 0.15) is 23.6 Å². The topological polar surface area (TPSA) is 52.3 Å². The second kappa shape index (κ2) is 5.14. The molecule has 1 aromatic rings. The number of aryl methyl sites for hydroxylation is 1. The van der Waals surface area contributed by atoms with Gasteiger partial charge >= 0.3 is 5.97 Å². The quantitative estimate of drug-likeness (QED) is 0.806. The Kier molecular flexibility index (Phi) is 4.12. The molecule has 0 aliphatic rings. The van der Waals surface area contributed by atoms with Crippen LogP contribution in [0.4, 0.5) is 0 Å². The third kappa shape index (κ3) is 2.94. The number of carbonyl (C=O) groups is 1. The Morgan fingerprint density at radius 2 is 2.27 bits per heavy atom. The molecule has 0 aliphatic carbocycles. The summed E-state index contributed by atoms with van der Waals surface area (Å²) >= 11 is 6.08. The van der Waals surface area contributed by atoms with E-state index in [1.807, 2.05) is 25.1 Å². The van der Waals surface area contributed by atoms with Crippen LogP contribution < -0.4 is 5.73 Å². The van der Waals surface area contributed by atoms with Crippen LogP contribution in [0.2, 0.25) is 5.02 Å². The van der Waals surface area contributed by atoms with Gasteiger partial charge in [0.05, 0.1) is 13.5 Å². The molecule has 0 saturated heterocycles. The largest absolute Gasteiger partial charge is 0.469 e. The summed E-state index contributed by atoms with van der Waals surface area (Å²) in [6, 6.07) is 5.18. The number of halogens is 1. The lowest BCUT2D eigenvalue weighted by Crippen LogP contribution is -2.16. The molecule has 1 aromatic carbocycles. The van der Waals surface area contributed by atoms with Gasteiger partial charge in [-0.1, -0.05) is 29.8 Å². The fourth-order valence-corrected chi connectivity index (χ4v) is 1.60. The number of carbonyl (C=O) groups excluding carboxylic acids is 1. The van der Waals surface area contributed by atoms with Gasteiger partial charge in [-0.05, 0) is 18.1 Å². The molecule has 15 heavy (non-hydrogen) atoms. The average Bonchev–Trinajstić information content (AvgIpc) is 2.21. The Balaban J connectivity index is 2.86. The number of nitrogens with two attached hydrogens (primary N) is 1. The molecule has 82 valence electrons. The number of esters is 1. The molecule has 4 heteroatoms. The van der Waals surface area contributed by atoms with Crippen LogP contribution >= 0.6 is 11.6 Å². The Hall–Kier alpha value is -1.06. The van der Waals surface area contributed by atoms with Gasteiger partial charge in [-0.25, -0.2) is 0 Å². The van der Waals surface area contributed by atoms with Gasteiger partial charge in [0.1, 0.15) is 0 Å². The molecule has 0 bridgehead atoms. The molecule has 2 N–H and O–H groups in total. The first kappa shape index (κ1) is 12.0. The molecule has 0 radical (unpaired) electrons. The maximum atomic E-state index is 11.0. The van der Waals surface area contributed by atoms with Crippen molar-refractivity contribution in [2.24, 2.45) is 5.73 Å². The van der Waals surface area contributed by atoms with Gasteiger partial charge in [0, 0.05) is 11.1 Å². The highest BCUT2D eigenvalue weighted by molar-refractivity contribution is 6.32. The summed E-state index contributed by atoms with van der Waals surface area (Å²) in [5.41, 5.74) is 7.59. The van der Waals surface area contributed by atoms with Crippen molar-refractivity contribution in [3.05, 3.63) is 34.3 Å². The van der Waals surface area contributed by atoms with E-state index in [1.54, 1.807) is 0 Å². The summed E-state index contributed by atoms with van der Waals surface area (Å²) in [5.74, 6) is -0.333. The maximum Gasteiger partial charge on any atom is 0.307 e. The van der Waals surface area contributed by atoms with E-state index in [9.17, 15) is 4.79 Å². The molecule has 0 saturated carbocycles. The van der Waals surface area contributed by atoms with Gasteiger partial charge in [-0.2, -0.15) is 0 Å². The molecule has 0 aromatic heterocycles. The van der Waals surface area contributed by atoms with E-state index in [-0.39, 0.29) is 12.4 Å². The minimum absolute atomic E-state index is 0.139. The van der Waals surface area contributed by atoms with E-state index >= 15 is 0 Å². The first-order valence-corrected chi connectivity index (χ1v) is 5.01. The van der Waals surface area contributed by atoms with Gasteiger partial charge in [0.15, 0.2) is 0 Å². The highest BCUT2D eigenvalue weighted by Crippen LogP contribution is 2.26. The second-order valence-electron chi connectivity index (χ2n) is 3.36. The Labute approximate surface area is 94.2 Å². The molecule has 1 atom stereocenters. The first-order chi connectivity index (χ1) is 7.06. The number of rotatable bonds is 3. The van der Waals surface area contributed by atoms with E-state index < -0.39 is 6.04 Å². The highest BCUT2D eigenvalue weighted by Gasteiger charge is 2.15. The Morgan fingerprint density at radius 3 is 2.87 bits per heavy atom. The summed E-state index contributed by atoms with van der Waals surface area (Å²) in [5, 5.41) is 0.619. The predicted octanol–water partition coefficient (Wildman–Crippen LogP) is 2.21. The summed E-state index contributed by atoms with van der Waals surface area (Å²) in [6.07, 6.45) is 0.139. The molecule has 0 amide bonds. The monoisotopic (exact) mass is 227 g/mol. The lowest BCUT2D eigenvalue weighted by Gasteiger charge is -2.13. The van der Waals surface area contributed by atoms with Crippen molar-refractivity contribution in [1.29, 1.82) is 0 Å². The second-order valence-corrected chi connectivity index (χ2v) is 3.74. The van der Waals surface area contributed by atoms with Gasteiger partial charge in [0.2, 0.25) is 0 Å². The molecular weight excluding hydrogens is 214 g/mol. The van der Waals surface area contributed by atoms with Crippen molar-refractivity contribution in [3.8, 4) is 0 Å². The molecule has 0 fully saturated rings. The van der Waals surface area contributed by atoms with Gasteiger partial charge < -0.3 is 10.5 Å². The zero-order chi connectivity index (χ0) is 11.4. The lowest BCUT2D eigenvalue weighted by molar-refractivity contribution is -0.141. The first-order valence-electron chi connectivity index (χ1n) is 4.63. The minimum atomic E-state index is -0.412. The number of ether oxygens (including phenoxy) is 1. The predicted molar refractivity (Wildman–Crippen MR) is 59.8 cm³/mol. The zero-order valence-corrected chi connectivity index (χ0v) is 9.54. The lowest BCUT2D eigenvalue weighted by atomic mass is 10.0. The molecular formula is C11H14ClNO2. The maximum absolute atomic E-state index is 11.0. The van der Waals surface area contributed by atoms with Crippen LogP contribution in [0.25, 0.3) is 0 Å². The van der Waals surface area contributed by atoms with Crippen molar-refractivity contribution in [2.75, 3.05) is 7.11 Å². The third-order valence-corrected chi connectivity index (χ3v) is 2.75. The Morgan fingerprint density at radius 1 is 1.60 bits per heavy atom. The van der Waals surface area contributed by atoms with Crippen LogP contribution in [0.15, 0.2) is 18.2 Å². The average molecular weight is 228 g/mol. The van der Waals surface area contributed by atoms with Gasteiger partial charge in [-0.15, -0.1) is 0 Å². The zero-order valence-electron chi connectivity index (χ0n) is 8.79. The van der Waals surface area contributed by atoms with E-state index in [0.29, 0.717) is 5.02 Å². The van der Waals surface area contributed by atoms with Crippen molar-refractivity contribution in [2.45, 2.75) is 19.4 Å². The summed E-state index contributed by atoms with van der Waals surface area (Å²) < 4.78 is 4.55. The number of hydrogen-bond acceptors (Lipinski definition) is 3. The van der Waals surface area contributed by atoms with E-state index in [0.717, 1.165) is 11.1 Å². The summed E-state index contributed by atoms with van der Waals surface area (Å²) in [4.78, 5) is 11.0. The van der Waals surface area contributed by atoms with Crippen LogP contribution in [0, 0.1) is 6.92 Å². The molecule has 3 nitrogen and oxygen atoms in total. The summed E-state index contributed by atoms with van der Waals surface area (Å²) in [7, 11) is 1.34. The molecule has 0 spiro atoms. The van der Waals surface area contributed by atoms with E-state index in [1.165, 1.54) is 7.11 Å². The van der Waals surface area contributed by atoms with E-state index in [4.69, 9.17) is 17.3 Å². The van der Waals surface area contributed by atoms with E-state index in [2.05, 4.69) is 4.74 Å². The third-order valence-electron chi connectivity index (χ3n) is 2.24. The normalized spacial score (nSPS) is 12.3. The SMILES string of the molecule is COC(=O)CC(N)c1cccc(C)c1Cl. The smallest absolute Gasteiger partial charge is 0.307 e. The number of benzene rings is 1. The van der Waals surface area contributed by atoms with Crippen molar-refractivity contribution in [3.63, 3.8) is 0 Å². The van der Waals surface area contributed by atoms with Gasteiger partial charge in [0.25, 0.3) is 0 Å². The molecule has 0 heterocycles. The highest BCUT2D eigenvalue weighted by atomic mass is 35.5. The molecule has 1 rings (SSSR count). The fraction of sp³-hybridized carbons (Fsp3) is 0.364. The number of methoxy groups -OCH3 is 1. The number of hydrogen-bond donors (Lipinski definition) is 1. The van der Waals surface area contributed by atoms with Crippen LogP contribution in [0.3, 0.4) is 0 Å². The van der Waals surface area contributed by atoms with Gasteiger partial charge in [-0.3, -0.25) is 4.79 Å². The fourth-order valence-electron chi connectivity index (χ4n) is 1.33. The van der Waals surface area contributed by atoms with Crippen molar-refractivity contribution in [1.82, 2.24) is 0 Å². The Bertz CT molecular complexity index is 366. The van der Waals surface area contributed by atoms with Crippen LogP contribution in [0.5, 0.6) is 0 Å².